The van der Waals surface area contributed by atoms with Gasteiger partial charge in [-0.2, -0.15) is 0 Å². The highest BCUT2D eigenvalue weighted by Gasteiger charge is 2.25. The predicted molar refractivity (Wildman–Crippen MR) is 123 cm³/mol. The zero-order chi connectivity index (χ0) is 21.3. The predicted octanol–water partition coefficient (Wildman–Crippen LogP) is 2.77. The summed E-state index contributed by atoms with van der Waals surface area (Å²) in [5, 5.41) is 3.06. The molecule has 1 saturated heterocycles. The molecule has 1 unspecified atom stereocenters. The molecule has 0 spiro atoms. The van der Waals surface area contributed by atoms with Crippen LogP contribution in [-0.2, 0) is 9.53 Å². The van der Waals surface area contributed by atoms with E-state index in [1.165, 1.54) is 16.9 Å². The van der Waals surface area contributed by atoms with Gasteiger partial charge in [-0.25, -0.2) is 0 Å². The first kappa shape index (κ1) is 22.1. The number of para-hydroxylation sites is 1. The average molecular weight is 411 g/mol. The lowest BCUT2D eigenvalue weighted by Crippen LogP contribution is -2.50. The summed E-state index contributed by atoms with van der Waals surface area (Å²) in [4.78, 5) is 19.1. The maximum absolute atomic E-state index is 12.1. The lowest BCUT2D eigenvalue weighted by atomic mass is 10.0. The van der Waals surface area contributed by atoms with Crippen molar-refractivity contribution in [1.29, 1.82) is 0 Å². The Kier molecular flexibility index (Phi) is 8.11. The van der Waals surface area contributed by atoms with Crippen LogP contribution < -0.4 is 15.1 Å². The number of benzene rings is 2. The molecule has 1 aliphatic rings. The van der Waals surface area contributed by atoms with Crippen molar-refractivity contribution in [3.8, 4) is 0 Å². The van der Waals surface area contributed by atoms with Crippen LogP contribution in [0, 0.1) is 0 Å². The van der Waals surface area contributed by atoms with Crippen LogP contribution in [0.3, 0.4) is 0 Å². The lowest BCUT2D eigenvalue weighted by molar-refractivity contribution is -0.125. The Hall–Kier alpha value is -2.57. The van der Waals surface area contributed by atoms with E-state index in [2.05, 4.69) is 74.6 Å². The molecule has 6 heteroatoms. The Morgan fingerprint density at radius 2 is 1.70 bits per heavy atom. The van der Waals surface area contributed by atoms with Gasteiger partial charge in [0.25, 0.3) is 0 Å². The number of nitrogens with zero attached hydrogens (tertiary/aromatic N) is 3. The Balaban J connectivity index is 1.68. The highest BCUT2D eigenvalue weighted by Crippen LogP contribution is 2.25. The third-order valence-electron chi connectivity index (χ3n) is 5.60. The standard InChI is InChI=1S/C24H34N4O2/c1-4-30-19-24(29)25-18-23(20-10-12-21(13-11-20)26(2)3)28-16-14-27(15-17-28)22-8-6-5-7-9-22/h5-13,23H,4,14-19H2,1-3H3,(H,25,29). The maximum Gasteiger partial charge on any atom is 0.246 e. The fourth-order valence-corrected chi connectivity index (χ4v) is 3.84. The first-order valence-electron chi connectivity index (χ1n) is 10.7. The van der Waals surface area contributed by atoms with Crippen molar-refractivity contribution in [2.45, 2.75) is 13.0 Å². The van der Waals surface area contributed by atoms with E-state index in [4.69, 9.17) is 4.74 Å². The summed E-state index contributed by atoms with van der Waals surface area (Å²) < 4.78 is 5.25. The van der Waals surface area contributed by atoms with Gasteiger partial charge in [-0.3, -0.25) is 9.69 Å². The molecule has 1 atom stereocenters. The molecule has 1 fully saturated rings. The van der Waals surface area contributed by atoms with Crippen molar-refractivity contribution in [2.24, 2.45) is 0 Å². The Morgan fingerprint density at radius 1 is 1.03 bits per heavy atom. The summed E-state index contributed by atoms with van der Waals surface area (Å²) in [7, 11) is 4.09. The molecule has 0 aliphatic carbocycles. The number of carbonyl (C=O) groups excluding carboxylic acids is 1. The molecule has 2 aromatic carbocycles. The smallest absolute Gasteiger partial charge is 0.246 e. The maximum atomic E-state index is 12.1. The summed E-state index contributed by atoms with van der Waals surface area (Å²) in [6.45, 7) is 7.00. The van der Waals surface area contributed by atoms with E-state index in [0.717, 1.165) is 26.2 Å². The van der Waals surface area contributed by atoms with Crippen molar-refractivity contribution in [2.75, 3.05) is 69.8 Å². The van der Waals surface area contributed by atoms with Gasteiger partial charge in [0.2, 0.25) is 5.91 Å². The minimum absolute atomic E-state index is 0.0605. The number of ether oxygens (including phenoxy) is 1. The molecule has 1 amide bonds. The molecule has 0 aromatic heterocycles. The quantitative estimate of drug-likeness (QED) is 0.689. The molecule has 162 valence electrons. The number of rotatable bonds is 9. The third-order valence-corrected chi connectivity index (χ3v) is 5.60. The first-order valence-corrected chi connectivity index (χ1v) is 10.7. The van der Waals surface area contributed by atoms with Crippen LogP contribution in [-0.4, -0.2) is 70.8 Å². The van der Waals surface area contributed by atoms with Gasteiger partial charge in [0.15, 0.2) is 0 Å². The first-order chi connectivity index (χ1) is 14.6. The van der Waals surface area contributed by atoms with Crippen LogP contribution in [0.4, 0.5) is 11.4 Å². The zero-order valence-corrected chi connectivity index (χ0v) is 18.4. The molecule has 1 aliphatic heterocycles. The van der Waals surface area contributed by atoms with E-state index in [0.29, 0.717) is 13.2 Å². The number of carbonyl (C=O) groups is 1. The second kappa shape index (κ2) is 11.0. The highest BCUT2D eigenvalue weighted by molar-refractivity contribution is 5.77. The van der Waals surface area contributed by atoms with Gasteiger partial charge in [-0.1, -0.05) is 30.3 Å². The topological polar surface area (TPSA) is 48.1 Å². The summed E-state index contributed by atoms with van der Waals surface area (Å²) in [5.74, 6) is -0.0605. The van der Waals surface area contributed by atoms with Gasteiger partial charge in [0.1, 0.15) is 6.61 Å². The fourth-order valence-electron chi connectivity index (χ4n) is 3.84. The van der Waals surface area contributed by atoms with Gasteiger partial charge < -0.3 is 19.9 Å². The van der Waals surface area contributed by atoms with Crippen LogP contribution in [0.2, 0.25) is 0 Å². The summed E-state index contributed by atoms with van der Waals surface area (Å²) in [6, 6.07) is 19.4. The SMILES string of the molecule is CCOCC(=O)NCC(c1ccc(N(C)C)cc1)N1CCN(c2ccccc2)CC1. The van der Waals surface area contributed by atoms with E-state index in [-0.39, 0.29) is 18.6 Å². The lowest BCUT2D eigenvalue weighted by Gasteiger charge is -2.40. The molecule has 2 aromatic rings. The monoisotopic (exact) mass is 410 g/mol. The van der Waals surface area contributed by atoms with Crippen LogP contribution >= 0.6 is 0 Å². The minimum atomic E-state index is -0.0605. The molecular weight excluding hydrogens is 376 g/mol. The van der Waals surface area contributed by atoms with Crippen LogP contribution in [0.5, 0.6) is 0 Å². The Labute approximate surface area is 180 Å². The number of hydrogen-bond acceptors (Lipinski definition) is 5. The van der Waals surface area contributed by atoms with E-state index < -0.39 is 0 Å². The van der Waals surface area contributed by atoms with Crippen LogP contribution in [0.25, 0.3) is 0 Å². The van der Waals surface area contributed by atoms with Crippen molar-refractivity contribution in [3.63, 3.8) is 0 Å². The molecule has 1 heterocycles. The van der Waals surface area contributed by atoms with E-state index >= 15 is 0 Å². The van der Waals surface area contributed by atoms with Gasteiger partial charge in [0.05, 0.1) is 6.04 Å². The van der Waals surface area contributed by atoms with Gasteiger partial charge in [0, 0.05) is 64.8 Å². The largest absolute Gasteiger partial charge is 0.378 e. The van der Waals surface area contributed by atoms with E-state index in [1.54, 1.807) is 0 Å². The van der Waals surface area contributed by atoms with Crippen molar-refractivity contribution < 1.29 is 9.53 Å². The number of anilines is 2. The zero-order valence-electron chi connectivity index (χ0n) is 18.4. The number of nitrogens with one attached hydrogen (secondary N) is 1. The van der Waals surface area contributed by atoms with Gasteiger partial charge in [-0.15, -0.1) is 0 Å². The van der Waals surface area contributed by atoms with Crippen LogP contribution in [0.1, 0.15) is 18.5 Å². The fraction of sp³-hybridized carbons (Fsp3) is 0.458. The molecule has 1 N–H and O–H groups in total. The Morgan fingerprint density at radius 3 is 2.30 bits per heavy atom. The molecule has 0 bridgehead atoms. The van der Waals surface area contributed by atoms with Crippen LogP contribution in [0.15, 0.2) is 54.6 Å². The molecule has 0 radical (unpaired) electrons. The average Bonchev–Trinajstić information content (AvgIpc) is 2.79. The van der Waals surface area contributed by atoms with Gasteiger partial charge in [-0.05, 0) is 36.8 Å². The second-order valence-electron chi connectivity index (χ2n) is 7.80. The van der Waals surface area contributed by atoms with Gasteiger partial charge >= 0.3 is 0 Å². The van der Waals surface area contributed by atoms with Crippen molar-refractivity contribution >= 4 is 17.3 Å². The minimum Gasteiger partial charge on any atom is -0.378 e. The second-order valence-corrected chi connectivity index (χ2v) is 7.80. The number of piperazine rings is 1. The molecule has 0 saturated carbocycles. The van der Waals surface area contributed by atoms with E-state index in [9.17, 15) is 4.79 Å². The molecule has 3 rings (SSSR count). The Bertz CT molecular complexity index is 772. The molecule has 6 nitrogen and oxygen atoms in total. The summed E-state index contributed by atoms with van der Waals surface area (Å²) in [5.41, 5.74) is 3.67. The highest BCUT2D eigenvalue weighted by atomic mass is 16.5. The van der Waals surface area contributed by atoms with E-state index in [1.807, 2.05) is 21.0 Å². The van der Waals surface area contributed by atoms with Crippen molar-refractivity contribution in [1.82, 2.24) is 10.2 Å². The molecule has 30 heavy (non-hydrogen) atoms. The summed E-state index contributed by atoms with van der Waals surface area (Å²) >= 11 is 0. The third kappa shape index (κ3) is 5.97. The number of amides is 1. The normalized spacial score (nSPS) is 15.6. The van der Waals surface area contributed by atoms with Crippen molar-refractivity contribution in [3.05, 3.63) is 60.2 Å². The number of hydrogen-bond donors (Lipinski definition) is 1. The molecular formula is C24H34N4O2. The summed E-state index contributed by atoms with van der Waals surface area (Å²) in [6.07, 6.45) is 0.